The molecule has 3 N–H and O–H groups in total. The molecule has 80 valence electrons. The molecule has 0 saturated carbocycles. The molecule has 2 atom stereocenters. The van der Waals surface area contributed by atoms with Crippen LogP contribution in [0.15, 0.2) is 0 Å². The van der Waals surface area contributed by atoms with Crippen molar-refractivity contribution in [2.24, 2.45) is 0 Å². The van der Waals surface area contributed by atoms with Crippen LogP contribution < -0.4 is 10.6 Å². The Morgan fingerprint density at radius 3 is 2.15 bits per heavy atom. The molecule has 0 saturated heterocycles. The summed E-state index contributed by atoms with van der Waals surface area (Å²) in [5.74, 6) is 0. The van der Waals surface area contributed by atoms with Crippen molar-refractivity contribution in [1.29, 1.82) is 0 Å². The van der Waals surface area contributed by atoms with E-state index in [1.54, 1.807) is 0 Å². The highest BCUT2D eigenvalue weighted by Crippen LogP contribution is 1.88. The molecule has 0 bridgehead atoms. The summed E-state index contributed by atoms with van der Waals surface area (Å²) in [6.07, 6.45) is 2.15. The maximum absolute atomic E-state index is 8.90. The predicted octanol–water partition coefficient (Wildman–Crippen LogP) is 0.735. The van der Waals surface area contributed by atoms with Gasteiger partial charge < -0.3 is 15.7 Å². The van der Waals surface area contributed by atoms with Crippen molar-refractivity contribution in [3.05, 3.63) is 0 Å². The molecule has 0 aromatic carbocycles. The van der Waals surface area contributed by atoms with E-state index in [9.17, 15) is 0 Å². The largest absolute Gasteiger partial charge is 0.395 e. The van der Waals surface area contributed by atoms with Crippen LogP contribution in [0.4, 0.5) is 0 Å². The maximum Gasteiger partial charge on any atom is 0.0584 e. The highest BCUT2D eigenvalue weighted by molar-refractivity contribution is 4.65. The fourth-order valence-corrected chi connectivity index (χ4v) is 1.08. The van der Waals surface area contributed by atoms with Gasteiger partial charge in [0.1, 0.15) is 0 Å². The monoisotopic (exact) mass is 188 g/mol. The van der Waals surface area contributed by atoms with E-state index in [2.05, 4.69) is 31.4 Å². The van der Waals surface area contributed by atoms with Crippen molar-refractivity contribution < 1.29 is 5.11 Å². The van der Waals surface area contributed by atoms with E-state index >= 15 is 0 Å². The van der Waals surface area contributed by atoms with E-state index < -0.39 is 0 Å². The second-order valence-electron chi connectivity index (χ2n) is 3.51. The van der Waals surface area contributed by atoms with Crippen molar-refractivity contribution >= 4 is 0 Å². The van der Waals surface area contributed by atoms with E-state index in [1.807, 2.05) is 0 Å². The summed E-state index contributed by atoms with van der Waals surface area (Å²) in [7, 11) is 0. The van der Waals surface area contributed by atoms with Gasteiger partial charge in [-0.05, 0) is 19.8 Å². The Bertz CT molecular complexity index is 105. The first kappa shape index (κ1) is 12.9. The Morgan fingerprint density at radius 1 is 1.08 bits per heavy atom. The molecule has 0 fully saturated rings. The van der Waals surface area contributed by atoms with E-state index in [-0.39, 0.29) is 12.6 Å². The van der Waals surface area contributed by atoms with Crippen LogP contribution in [0.2, 0.25) is 0 Å². The average molecular weight is 188 g/mol. The lowest BCUT2D eigenvalue weighted by Gasteiger charge is -2.16. The Morgan fingerprint density at radius 2 is 1.69 bits per heavy atom. The molecule has 0 amide bonds. The molecule has 0 radical (unpaired) electrons. The average Bonchev–Trinajstić information content (AvgIpc) is 2.18. The molecule has 2 unspecified atom stereocenters. The molecular weight excluding hydrogens is 164 g/mol. The molecule has 13 heavy (non-hydrogen) atoms. The number of rotatable bonds is 8. The minimum absolute atomic E-state index is 0.236. The molecule has 0 spiro atoms. The zero-order valence-corrected chi connectivity index (χ0v) is 9.14. The van der Waals surface area contributed by atoms with Crippen molar-refractivity contribution in [3.8, 4) is 0 Å². The van der Waals surface area contributed by atoms with E-state index in [0.717, 1.165) is 25.9 Å². The Hall–Kier alpha value is -0.120. The van der Waals surface area contributed by atoms with Crippen LogP contribution in [0.3, 0.4) is 0 Å². The van der Waals surface area contributed by atoms with E-state index in [0.29, 0.717) is 6.04 Å². The number of hydrogen-bond donors (Lipinski definition) is 3. The van der Waals surface area contributed by atoms with Gasteiger partial charge in [0.05, 0.1) is 6.61 Å². The lowest BCUT2D eigenvalue weighted by Crippen LogP contribution is -2.39. The standard InChI is InChI=1S/C10H24N2O/c1-4-9(3)11-6-7-12-10(5-2)8-13/h9-13H,4-8H2,1-3H3. The van der Waals surface area contributed by atoms with Gasteiger partial charge in [0.15, 0.2) is 0 Å². The molecule has 0 heterocycles. The van der Waals surface area contributed by atoms with Gasteiger partial charge in [0, 0.05) is 25.2 Å². The normalized spacial score (nSPS) is 15.7. The summed E-state index contributed by atoms with van der Waals surface area (Å²) in [6, 6.07) is 0.856. The molecule has 0 rings (SSSR count). The lowest BCUT2D eigenvalue weighted by atomic mass is 10.2. The van der Waals surface area contributed by atoms with Gasteiger partial charge >= 0.3 is 0 Å². The second-order valence-corrected chi connectivity index (χ2v) is 3.51. The zero-order valence-electron chi connectivity index (χ0n) is 9.14. The summed E-state index contributed by atoms with van der Waals surface area (Å²) in [5.41, 5.74) is 0. The molecule has 3 nitrogen and oxygen atoms in total. The van der Waals surface area contributed by atoms with Crippen LogP contribution in [-0.4, -0.2) is 36.9 Å². The number of nitrogens with one attached hydrogen (secondary N) is 2. The minimum Gasteiger partial charge on any atom is -0.395 e. The molecule has 3 heteroatoms. The molecule has 0 aromatic rings. The fraction of sp³-hybridized carbons (Fsp3) is 1.00. The lowest BCUT2D eigenvalue weighted by molar-refractivity contribution is 0.239. The Labute approximate surface area is 81.9 Å². The molecule has 0 aromatic heterocycles. The SMILES string of the molecule is CCC(C)NCCNC(CC)CO. The minimum atomic E-state index is 0.236. The second kappa shape index (κ2) is 8.48. The van der Waals surface area contributed by atoms with Gasteiger partial charge in [-0.3, -0.25) is 0 Å². The quantitative estimate of drug-likeness (QED) is 0.492. The first-order valence-electron chi connectivity index (χ1n) is 5.32. The number of aliphatic hydroxyl groups is 1. The summed E-state index contributed by atoms with van der Waals surface area (Å²) in [6.45, 7) is 8.59. The highest BCUT2D eigenvalue weighted by atomic mass is 16.3. The van der Waals surface area contributed by atoms with Gasteiger partial charge in [0.25, 0.3) is 0 Å². The topological polar surface area (TPSA) is 44.3 Å². The smallest absolute Gasteiger partial charge is 0.0584 e. The highest BCUT2D eigenvalue weighted by Gasteiger charge is 2.02. The van der Waals surface area contributed by atoms with Crippen molar-refractivity contribution in [1.82, 2.24) is 10.6 Å². The number of aliphatic hydroxyl groups excluding tert-OH is 1. The van der Waals surface area contributed by atoms with Gasteiger partial charge in [-0.1, -0.05) is 13.8 Å². The maximum atomic E-state index is 8.90. The molecule has 0 aliphatic heterocycles. The van der Waals surface area contributed by atoms with Gasteiger partial charge in [-0.15, -0.1) is 0 Å². The summed E-state index contributed by atoms with van der Waals surface area (Å²) in [4.78, 5) is 0. The molecular formula is C10H24N2O. The number of hydrogen-bond acceptors (Lipinski definition) is 3. The van der Waals surface area contributed by atoms with Crippen molar-refractivity contribution in [2.75, 3.05) is 19.7 Å². The zero-order chi connectivity index (χ0) is 10.1. The fourth-order valence-electron chi connectivity index (χ4n) is 1.08. The van der Waals surface area contributed by atoms with Crippen LogP contribution in [0, 0.1) is 0 Å². The van der Waals surface area contributed by atoms with Gasteiger partial charge in [-0.25, -0.2) is 0 Å². The van der Waals surface area contributed by atoms with Crippen molar-refractivity contribution in [3.63, 3.8) is 0 Å². The third-order valence-corrected chi connectivity index (χ3v) is 2.38. The Balaban J connectivity index is 3.23. The van der Waals surface area contributed by atoms with Gasteiger partial charge in [-0.2, -0.15) is 0 Å². The van der Waals surface area contributed by atoms with Crippen LogP contribution in [0.25, 0.3) is 0 Å². The third kappa shape index (κ3) is 6.99. The first-order chi connectivity index (χ1) is 6.24. The van der Waals surface area contributed by atoms with E-state index in [1.165, 1.54) is 0 Å². The molecule has 0 aliphatic rings. The summed E-state index contributed by atoms with van der Waals surface area (Å²) >= 11 is 0. The third-order valence-electron chi connectivity index (χ3n) is 2.38. The Kier molecular flexibility index (Phi) is 8.40. The summed E-state index contributed by atoms with van der Waals surface area (Å²) in [5, 5.41) is 15.6. The summed E-state index contributed by atoms with van der Waals surface area (Å²) < 4.78 is 0. The van der Waals surface area contributed by atoms with Crippen LogP contribution in [0.1, 0.15) is 33.6 Å². The van der Waals surface area contributed by atoms with Crippen LogP contribution in [0.5, 0.6) is 0 Å². The van der Waals surface area contributed by atoms with Crippen LogP contribution >= 0.6 is 0 Å². The van der Waals surface area contributed by atoms with Crippen LogP contribution in [-0.2, 0) is 0 Å². The van der Waals surface area contributed by atoms with Gasteiger partial charge in [0.2, 0.25) is 0 Å². The first-order valence-corrected chi connectivity index (χ1v) is 5.32. The van der Waals surface area contributed by atoms with Crippen molar-refractivity contribution in [2.45, 2.75) is 45.7 Å². The molecule has 0 aliphatic carbocycles. The van der Waals surface area contributed by atoms with E-state index in [4.69, 9.17) is 5.11 Å². The predicted molar refractivity (Wildman–Crippen MR) is 56.9 cm³/mol.